The molecular weight excluding hydrogens is 248 g/mol. The summed E-state index contributed by atoms with van der Waals surface area (Å²) in [6.07, 6.45) is 4.53. The molecule has 1 aliphatic rings. The van der Waals surface area contributed by atoms with Gasteiger partial charge < -0.3 is 11.1 Å². The number of amides is 1. The number of carbonyl (C=O) groups is 1. The van der Waals surface area contributed by atoms with Gasteiger partial charge in [0.2, 0.25) is 0 Å². The molecule has 1 aromatic rings. The molecule has 0 heterocycles. The molecule has 3 nitrogen and oxygen atoms in total. The molecular formula is C14H19ClN2O. The van der Waals surface area contributed by atoms with Crippen LogP contribution in [0.2, 0.25) is 5.02 Å². The zero-order chi connectivity index (χ0) is 13.1. The predicted octanol–water partition coefficient (Wildman–Crippen LogP) is 3.23. The van der Waals surface area contributed by atoms with Crippen LogP contribution in [0.5, 0.6) is 0 Å². The molecule has 4 heteroatoms. The summed E-state index contributed by atoms with van der Waals surface area (Å²) in [5, 5.41) is 3.59. The molecule has 0 aromatic heterocycles. The van der Waals surface area contributed by atoms with Gasteiger partial charge in [-0.3, -0.25) is 4.79 Å². The third-order valence-corrected chi connectivity index (χ3v) is 3.77. The first-order chi connectivity index (χ1) is 8.56. The van der Waals surface area contributed by atoms with Crippen molar-refractivity contribution in [1.29, 1.82) is 0 Å². The summed E-state index contributed by atoms with van der Waals surface area (Å²) in [6, 6.07) is 5.25. The number of halogens is 1. The number of nitrogens with one attached hydrogen (secondary N) is 1. The van der Waals surface area contributed by atoms with Crippen molar-refractivity contribution in [2.75, 3.05) is 5.73 Å². The number of hydrogen-bond donors (Lipinski definition) is 2. The van der Waals surface area contributed by atoms with Gasteiger partial charge in [-0.15, -0.1) is 0 Å². The molecule has 3 N–H and O–H groups in total. The highest BCUT2D eigenvalue weighted by molar-refractivity contribution is 6.31. The summed E-state index contributed by atoms with van der Waals surface area (Å²) in [4.78, 5) is 12.1. The van der Waals surface area contributed by atoms with E-state index in [1.807, 2.05) is 0 Å². The van der Waals surface area contributed by atoms with Gasteiger partial charge in [0, 0.05) is 16.8 Å². The maximum atomic E-state index is 12.1. The van der Waals surface area contributed by atoms with Crippen molar-refractivity contribution >= 4 is 23.2 Å². The van der Waals surface area contributed by atoms with Gasteiger partial charge in [-0.1, -0.05) is 31.4 Å². The van der Waals surface area contributed by atoms with Gasteiger partial charge in [0.05, 0.1) is 5.56 Å². The number of benzene rings is 1. The minimum atomic E-state index is -0.117. The van der Waals surface area contributed by atoms with Crippen LogP contribution in [0.25, 0.3) is 0 Å². The summed E-state index contributed by atoms with van der Waals surface area (Å²) in [6.45, 7) is 2.23. The van der Waals surface area contributed by atoms with Crippen LogP contribution < -0.4 is 11.1 Å². The van der Waals surface area contributed by atoms with E-state index in [4.69, 9.17) is 17.3 Å². The highest BCUT2D eigenvalue weighted by Gasteiger charge is 2.21. The molecule has 0 aliphatic heterocycles. The van der Waals surface area contributed by atoms with Gasteiger partial charge in [-0.2, -0.15) is 0 Å². The van der Waals surface area contributed by atoms with E-state index in [1.54, 1.807) is 18.2 Å². The Bertz CT molecular complexity index is 447. The number of carbonyl (C=O) groups excluding carboxylic acids is 1. The largest absolute Gasteiger partial charge is 0.398 e. The molecule has 18 heavy (non-hydrogen) atoms. The van der Waals surface area contributed by atoms with Crippen LogP contribution in [0.4, 0.5) is 5.69 Å². The lowest BCUT2D eigenvalue weighted by Gasteiger charge is -2.27. The molecule has 0 radical (unpaired) electrons. The van der Waals surface area contributed by atoms with Gasteiger partial charge >= 0.3 is 0 Å². The summed E-state index contributed by atoms with van der Waals surface area (Å²) >= 11 is 5.89. The Labute approximate surface area is 113 Å². The van der Waals surface area contributed by atoms with Crippen LogP contribution >= 0.6 is 11.6 Å². The molecule has 2 rings (SSSR count). The van der Waals surface area contributed by atoms with Crippen LogP contribution in [0, 0.1) is 5.92 Å². The second-order valence-electron chi connectivity index (χ2n) is 5.17. The van der Waals surface area contributed by atoms with Gasteiger partial charge in [-0.25, -0.2) is 0 Å². The number of nitrogens with two attached hydrogens (primary N) is 1. The second kappa shape index (κ2) is 5.61. The summed E-state index contributed by atoms with van der Waals surface area (Å²) in [5.74, 6) is 0.565. The third kappa shape index (κ3) is 3.16. The number of rotatable bonds is 2. The van der Waals surface area contributed by atoms with E-state index in [1.165, 1.54) is 12.8 Å². The molecule has 0 saturated heterocycles. The molecule has 98 valence electrons. The lowest BCUT2D eigenvalue weighted by atomic mass is 9.87. The van der Waals surface area contributed by atoms with Crippen molar-refractivity contribution in [3.05, 3.63) is 28.8 Å². The van der Waals surface area contributed by atoms with Gasteiger partial charge in [-0.05, 0) is 37.0 Å². The number of hydrogen-bond acceptors (Lipinski definition) is 2. The molecule has 1 aliphatic carbocycles. The Morgan fingerprint density at radius 2 is 2.22 bits per heavy atom. The molecule has 2 atom stereocenters. The maximum absolute atomic E-state index is 12.1. The summed E-state index contributed by atoms with van der Waals surface area (Å²) in [7, 11) is 0. The lowest BCUT2D eigenvalue weighted by Crippen LogP contribution is -2.38. The van der Waals surface area contributed by atoms with Gasteiger partial charge in [0.15, 0.2) is 0 Å². The van der Waals surface area contributed by atoms with Crippen molar-refractivity contribution < 1.29 is 4.79 Å². The Kier molecular flexibility index (Phi) is 4.12. The van der Waals surface area contributed by atoms with Crippen LogP contribution in [-0.4, -0.2) is 11.9 Å². The third-order valence-electron chi connectivity index (χ3n) is 3.53. The predicted molar refractivity (Wildman–Crippen MR) is 74.8 cm³/mol. The molecule has 0 spiro atoms. The summed E-state index contributed by atoms with van der Waals surface area (Å²) in [5.41, 5.74) is 6.75. The van der Waals surface area contributed by atoms with Crippen molar-refractivity contribution in [3.8, 4) is 0 Å². The lowest BCUT2D eigenvalue weighted by molar-refractivity contribution is 0.0922. The Morgan fingerprint density at radius 1 is 1.44 bits per heavy atom. The minimum absolute atomic E-state index is 0.117. The standard InChI is InChI=1S/C14H19ClN2O/c1-9-3-2-4-11(7-9)17-14(18)12-8-10(15)5-6-13(12)16/h5-6,8-9,11H,2-4,7,16H2,1H3,(H,17,18)/t9-,11-/m1/s1. The zero-order valence-corrected chi connectivity index (χ0v) is 11.3. The smallest absolute Gasteiger partial charge is 0.253 e. The van der Waals surface area contributed by atoms with Gasteiger partial charge in [0.25, 0.3) is 5.91 Å². The second-order valence-corrected chi connectivity index (χ2v) is 5.61. The molecule has 1 aromatic carbocycles. The molecule has 0 bridgehead atoms. The Morgan fingerprint density at radius 3 is 2.94 bits per heavy atom. The quantitative estimate of drug-likeness (QED) is 0.808. The first kappa shape index (κ1) is 13.2. The average molecular weight is 267 g/mol. The summed E-state index contributed by atoms with van der Waals surface area (Å²) < 4.78 is 0. The fourth-order valence-electron chi connectivity index (χ4n) is 2.55. The first-order valence-corrected chi connectivity index (χ1v) is 6.80. The SMILES string of the molecule is C[C@@H]1CCC[C@@H](NC(=O)c2cc(Cl)ccc2N)C1. The van der Waals surface area contributed by atoms with E-state index in [0.717, 1.165) is 12.8 Å². The van der Waals surface area contributed by atoms with E-state index in [-0.39, 0.29) is 11.9 Å². The first-order valence-electron chi connectivity index (χ1n) is 6.42. The fraction of sp³-hybridized carbons (Fsp3) is 0.500. The van der Waals surface area contributed by atoms with E-state index in [0.29, 0.717) is 22.2 Å². The molecule has 0 unspecified atom stereocenters. The normalized spacial score (nSPS) is 23.7. The van der Waals surface area contributed by atoms with Crippen LogP contribution in [0.1, 0.15) is 43.0 Å². The highest BCUT2D eigenvalue weighted by atomic mass is 35.5. The maximum Gasteiger partial charge on any atom is 0.253 e. The van der Waals surface area contributed by atoms with Crippen molar-refractivity contribution in [2.24, 2.45) is 5.92 Å². The Hall–Kier alpha value is -1.22. The van der Waals surface area contributed by atoms with E-state index >= 15 is 0 Å². The van der Waals surface area contributed by atoms with E-state index in [9.17, 15) is 4.79 Å². The topological polar surface area (TPSA) is 55.1 Å². The van der Waals surface area contributed by atoms with Crippen molar-refractivity contribution in [3.63, 3.8) is 0 Å². The molecule has 1 fully saturated rings. The van der Waals surface area contributed by atoms with Crippen LogP contribution in [0.15, 0.2) is 18.2 Å². The monoisotopic (exact) mass is 266 g/mol. The Balaban J connectivity index is 2.05. The van der Waals surface area contributed by atoms with Crippen LogP contribution in [-0.2, 0) is 0 Å². The minimum Gasteiger partial charge on any atom is -0.398 e. The zero-order valence-electron chi connectivity index (χ0n) is 10.6. The van der Waals surface area contributed by atoms with E-state index in [2.05, 4.69) is 12.2 Å². The highest BCUT2D eigenvalue weighted by Crippen LogP contribution is 2.24. The number of nitrogen functional groups attached to an aromatic ring is 1. The van der Waals surface area contributed by atoms with Crippen molar-refractivity contribution in [1.82, 2.24) is 5.32 Å². The fourth-order valence-corrected chi connectivity index (χ4v) is 2.73. The molecule has 1 saturated carbocycles. The van der Waals surface area contributed by atoms with Crippen LogP contribution in [0.3, 0.4) is 0 Å². The van der Waals surface area contributed by atoms with Crippen molar-refractivity contribution in [2.45, 2.75) is 38.6 Å². The number of anilines is 1. The average Bonchev–Trinajstić information content (AvgIpc) is 2.32. The van der Waals surface area contributed by atoms with E-state index < -0.39 is 0 Å². The van der Waals surface area contributed by atoms with Gasteiger partial charge in [0.1, 0.15) is 0 Å². The molecule has 1 amide bonds.